The van der Waals surface area contributed by atoms with Gasteiger partial charge in [-0.1, -0.05) is 0 Å². The van der Waals surface area contributed by atoms with Crippen LogP contribution in [0.1, 0.15) is 44.9 Å². The predicted octanol–water partition coefficient (Wildman–Crippen LogP) is 3.42. The summed E-state index contributed by atoms with van der Waals surface area (Å²) < 4.78 is 0. The average Bonchev–Trinajstić information content (AvgIpc) is 2.57. The van der Waals surface area contributed by atoms with E-state index in [4.69, 9.17) is 0 Å². The topological polar surface area (TPSA) is 0 Å². The van der Waals surface area contributed by atoms with Gasteiger partial charge in [0, 0.05) is 0 Å². The van der Waals surface area contributed by atoms with Crippen LogP contribution in [-0.2, 0) is 0 Å². The number of hydrogen-bond acceptors (Lipinski definition) is 1. The van der Waals surface area contributed by atoms with Crippen LogP contribution in [0, 0.1) is 0 Å². The Bertz CT molecular complexity index is 100. The minimum atomic E-state index is 1.03. The van der Waals surface area contributed by atoms with Gasteiger partial charge in [-0.3, -0.25) is 0 Å². The average molecular weight is 178 g/mol. The fraction of sp³-hybridized carbons (Fsp3) is 1.00. The van der Waals surface area contributed by atoms with Crippen molar-refractivity contribution in [2.24, 2.45) is 0 Å². The van der Waals surface area contributed by atoms with Crippen molar-refractivity contribution in [1.29, 1.82) is 0 Å². The molecule has 1 rings (SSSR count). The van der Waals surface area contributed by atoms with Crippen LogP contribution >= 0.6 is 11.8 Å². The Balaban J connectivity index is 1.81. The van der Waals surface area contributed by atoms with Crippen LogP contribution in [0.4, 0.5) is 0 Å². The van der Waals surface area contributed by atoms with Crippen molar-refractivity contribution >= 4 is 29.5 Å². The van der Waals surface area contributed by atoms with Gasteiger partial charge >= 0.3 is 90.5 Å². The normalized spacial score (nSPS) is 18.8. The molecule has 0 atom stereocenters. The van der Waals surface area contributed by atoms with E-state index in [1.807, 2.05) is 0 Å². The van der Waals surface area contributed by atoms with Gasteiger partial charge < -0.3 is 0 Å². The first-order valence-corrected chi connectivity index (χ1v) is 6.60. The van der Waals surface area contributed by atoms with E-state index in [9.17, 15) is 0 Å². The van der Waals surface area contributed by atoms with Crippen molar-refractivity contribution in [3.8, 4) is 0 Å². The molecule has 1 fully saturated rings. The molecule has 0 saturated heterocycles. The van der Waals surface area contributed by atoms with Crippen molar-refractivity contribution in [3.05, 3.63) is 0 Å². The van der Waals surface area contributed by atoms with E-state index in [2.05, 4.69) is 29.5 Å². The van der Waals surface area contributed by atoms with Crippen LogP contribution in [0.3, 0.4) is 0 Å². The summed E-state index contributed by atoms with van der Waals surface area (Å²) in [6.45, 7) is 0. The molecular weight excluding hydrogens is 159 g/mol. The third-order valence-corrected chi connectivity index (χ3v) is 4.12. The van der Waals surface area contributed by atoms with Gasteiger partial charge in [-0.05, 0) is 0 Å². The summed E-state index contributed by atoms with van der Waals surface area (Å²) in [7, 11) is 0. The van der Waals surface area contributed by atoms with Crippen molar-refractivity contribution in [3.63, 3.8) is 0 Å². The molecule has 0 nitrogen and oxygen atoms in total. The minimum absolute atomic E-state index is 1.03. The standard InChI is InChI=1S/C10H19S.Li/c1-2-3-6-9-11-10-7-4-5-8-10;/h10H,1-9H2;. The van der Waals surface area contributed by atoms with Gasteiger partial charge in [0.05, 0.1) is 0 Å². The Morgan fingerprint density at radius 2 is 1.83 bits per heavy atom. The molecule has 0 heterocycles. The van der Waals surface area contributed by atoms with Crippen LogP contribution < -0.4 is 0 Å². The molecule has 0 radical (unpaired) electrons. The molecule has 66 valence electrons. The summed E-state index contributed by atoms with van der Waals surface area (Å²) in [6.07, 6.45) is 10.3. The van der Waals surface area contributed by atoms with Gasteiger partial charge in [0.25, 0.3) is 0 Å². The Hall–Kier alpha value is 0.947. The third kappa shape index (κ3) is 4.85. The van der Waals surface area contributed by atoms with Gasteiger partial charge in [0.15, 0.2) is 0 Å². The molecule has 0 spiro atoms. The van der Waals surface area contributed by atoms with Crippen LogP contribution in [0.2, 0.25) is 5.09 Å². The fourth-order valence-electron chi connectivity index (χ4n) is 1.83. The molecule has 0 aromatic rings. The zero-order valence-corrected chi connectivity index (χ0v) is 9.17. The van der Waals surface area contributed by atoms with E-state index < -0.39 is 0 Å². The molecule has 1 aliphatic carbocycles. The van der Waals surface area contributed by atoms with Crippen LogP contribution in [-0.4, -0.2) is 28.7 Å². The first-order chi connectivity index (χ1) is 5.93. The molecule has 0 N–H and O–H groups in total. The first-order valence-electron chi connectivity index (χ1n) is 5.55. The summed E-state index contributed by atoms with van der Waals surface area (Å²) in [6, 6.07) is 0. The SMILES string of the molecule is [Li][CH2]CCCCSC1CCCC1. The van der Waals surface area contributed by atoms with Gasteiger partial charge in [0.2, 0.25) is 0 Å². The molecule has 0 unspecified atom stereocenters. The molecule has 0 aliphatic heterocycles. The van der Waals surface area contributed by atoms with E-state index in [1.54, 1.807) is 0 Å². The summed E-state index contributed by atoms with van der Waals surface area (Å²) in [4.78, 5) is 0. The number of rotatable bonds is 6. The molecule has 1 saturated carbocycles. The molecular formula is C10H19LiS. The summed E-state index contributed by atoms with van der Waals surface area (Å²) in [5, 5.41) is 2.40. The Labute approximate surface area is 90.5 Å². The van der Waals surface area contributed by atoms with Gasteiger partial charge in [-0.25, -0.2) is 0 Å². The Kier molecular flexibility index (Phi) is 6.76. The quantitative estimate of drug-likeness (QED) is 0.443. The van der Waals surface area contributed by atoms with Gasteiger partial charge in [-0.2, -0.15) is 0 Å². The maximum atomic E-state index is 2.28. The van der Waals surface area contributed by atoms with Gasteiger partial charge in [0.1, 0.15) is 0 Å². The Morgan fingerprint density at radius 3 is 2.50 bits per heavy atom. The molecule has 12 heavy (non-hydrogen) atoms. The Morgan fingerprint density at radius 1 is 1.08 bits per heavy atom. The molecule has 0 aromatic heterocycles. The summed E-state index contributed by atoms with van der Waals surface area (Å²) >= 11 is 4.52. The van der Waals surface area contributed by atoms with Crippen LogP contribution in [0.5, 0.6) is 0 Å². The summed E-state index contributed by atoms with van der Waals surface area (Å²) in [5.41, 5.74) is 0. The predicted molar refractivity (Wildman–Crippen MR) is 59.1 cm³/mol. The van der Waals surface area contributed by atoms with E-state index in [-0.39, 0.29) is 0 Å². The van der Waals surface area contributed by atoms with Crippen molar-refractivity contribution in [2.75, 3.05) is 5.75 Å². The van der Waals surface area contributed by atoms with E-state index >= 15 is 0 Å². The van der Waals surface area contributed by atoms with Crippen LogP contribution in [0.25, 0.3) is 0 Å². The fourth-order valence-corrected chi connectivity index (χ4v) is 3.20. The van der Waals surface area contributed by atoms with Crippen LogP contribution in [0.15, 0.2) is 0 Å². The number of hydrogen-bond donors (Lipinski definition) is 0. The molecule has 1 aliphatic rings. The first kappa shape index (κ1) is 11.0. The van der Waals surface area contributed by atoms with E-state index in [0.29, 0.717) is 0 Å². The maximum absolute atomic E-state index is 2.28. The molecule has 0 bridgehead atoms. The number of thioether (sulfide) groups is 1. The van der Waals surface area contributed by atoms with E-state index in [1.165, 1.54) is 55.8 Å². The van der Waals surface area contributed by atoms with Gasteiger partial charge in [-0.15, -0.1) is 0 Å². The second-order valence-corrected chi connectivity index (χ2v) is 5.25. The third-order valence-electron chi connectivity index (χ3n) is 2.65. The van der Waals surface area contributed by atoms with Crippen molar-refractivity contribution < 1.29 is 0 Å². The van der Waals surface area contributed by atoms with Crippen molar-refractivity contribution in [2.45, 2.75) is 55.3 Å². The van der Waals surface area contributed by atoms with Crippen molar-refractivity contribution in [1.82, 2.24) is 0 Å². The second-order valence-electron chi connectivity index (χ2n) is 3.84. The second kappa shape index (κ2) is 7.36. The summed E-state index contributed by atoms with van der Waals surface area (Å²) in [5.74, 6) is 1.42. The zero-order valence-electron chi connectivity index (χ0n) is 8.35. The zero-order chi connectivity index (χ0) is 8.65. The molecule has 0 aromatic carbocycles. The molecule has 0 amide bonds. The monoisotopic (exact) mass is 178 g/mol. The van der Waals surface area contributed by atoms with E-state index in [0.717, 1.165) is 5.25 Å². The number of unbranched alkanes of at least 4 members (excludes halogenated alkanes) is 2. The molecule has 2 heteroatoms.